The van der Waals surface area contributed by atoms with Gasteiger partial charge in [0.15, 0.2) is 0 Å². The molecule has 2 rings (SSSR count). The minimum absolute atomic E-state index is 0.0282. The Morgan fingerprint density at radius 1 is 1.25 bits per heavy atom. The van der Waals surface area contributed by atoms with Gasteiger partial charge in [-0.15, -0.1) is 0 Å². The number of unbranched alkanes of at least 4 members (excludes halogenated alkanes) is 1. The fourth-order valence-electron chi connectivity index (χ4n) is 2.24. The first-order valence-corrected chi connectivity index (χ1v) is 7.96. The number of carboxylic acids is 1. The van der Waals surface area contributed by atoms with Crippen LogP contribution < -0.4 is 4.74 Å². The molecule has 0 atom stereocenters. The van der Waals surface area contributed by atoms with Crippen molar-refractivity contribution in [2.75, 3.05) is 6.61 Å². The third-order valence-corrected chi connectivity index (χ3v) is 3.69. The molecular weight excluding hydrogens is 307 g/mol. The Hall–Kier alpha value is -2.62. The van der Waals surface area contributed by atoms with Gasteiger partial charge < -0.3 is 9.84 Å². The fourth-order valence-corrected chi connectivity index (χ4v) is 2.24. The molecule has 0 aromatic heterocycles. The lowest BCUT2D eigenvalue weighted by atomic mass is 10.0. The molecule has 0 bridgehead atoms. The zero-order valence-electron chi connectivity index (χ0n) is 13.9. The number of benzene rings is 2. The van der Waals surface area contributed by atoms with Gasteiger partial charge in [-0.3, -0.25) is 0 Å². The van der Waals surface area contributed by atoms with Crippen molar-refractivity contribution < 1.29 is 19.0 Å². The van der Waals surface area contributed by atoms with E-state index in [1.807, 2.05) is 12.1 Å². The van der Waals surface area contributed by atoms with E-state index in [4.69, 9.17) is 4.74 Å². The lowest BCUT2D eigenvalue weighted by Gasteiger charge is -2.10. The summed E-state index contributed by atoms with van der Waals surface area (Å²) in [4.78, 5) is 11.6. The Labute approximate surface area is 141 Å². The molecule has 2 aromatic carbocycles. The maximum Gasteiger partial charge on any atom is 0.336 e. The van der Waals surface area contributed by atoms with Crippen LogP contribution in [0.25, 0.3) is 11.6 Å². The number of ether oxygens (including phenoxy) is 1. The number of halogens is 1. The lowest BCUT2D eigenvalue weighted by molar-refractivity contribution is -0.130. The molecule has 2 aromatic rings. The van der Waals surface area contributed by atoms with E-state index in [2.05, 4.69) is 6.92 Å². The molecule has 0 aliphatic heterocycles. The molecule has 1 N–H and O–H groups in total. The molecule has 3 nitrogen and oxygen atoms in total. The van der Waals surface area contributed by atoms with Gasteiger partial charge in [-0.2, -0.15) is 0 Å². The molecule has 0 aliphatic carbocycles. The van der Waals surface area contributed by atoms with Crippen molar-refractivity contribution in [3.63, 3.8) is 0 Å². The van der Waals surface area contributed by atoms with Gasteiger partial charge >= 0.3 is 5.97 Å². The molecule has 0 unspecified atom stereocenters. The van der Waals surface area contributed by atoms with Crippen LogP contribution in [0.1, 0.15) is 36.5 Å². The Kier molecular flexibility index (Phi) is 6.13. The summed E-state index contributed by atoms with van der Waals surface area (Å²) in [6.07, 6.45) is 3.46. The maximum atomic E-state index is 13.8. The summed E-state index contributed by atoms with van der Waals surface area (Å²) in [5.74, 6) is -0.911. The van der Waals surface area contributed by atoms with Gasteiger partial charge in [0.05, 0.1) is 12.2 Å². The van der Waals surface area contributed by atoms with E-state index in [9.17, 15) is 14.3 Å². The molecule has 0 heterocycles. The number of hydrogen-bond donors (Lipinski definition) is 1. The number of rotatable bonds is 7. The summed E-state index contributed by atoms with van der Waals surface area (Å²) in [6.45, 7) is 4.28. The Morgan fingerprint density at radius 2 is 2.00 bits per heavy atom. The van der Waals surface area contributed by atoms with Crippen LogP contribution in [0.5, 0.6) is 5.75 Å². The average Bonchev–Trinajstić information content (AvgIpc) is 2.56. The highest BCUT2D eigenvalue weighted by molar-refractivity contribution is 6.20. The van der Waals surface area contributed by atoms with Gasteiger partial charge in [-0.1, -0.05) is 43.7 Å². The van der Waals surface area contributed by atoms with Crippen LogP contribution in [0.3, 0.4) is 0 Å². The number of para-hydroxylation sites is 1. The largest absolute Gasteiger partial charge is 0.493 e. The third-order valence-electron chi connectivity index (χ3n) is 3.69. The molecule has 4 heteroatoms. The first kappa shape index (κ1) is 17.7. The summed E-state index contributed by atoms with van der Waals surface area (Å²) in [7, 11) is 0. The van der Waals surface area contributed by atoms with Crippen LogP contribution in [0.15, 0.2) is 42.5 Å². The fraction of sp³-hybridized carbons (Fsp3) is 0.250. The van der Waals surface area contributed by atoms with Crippen molar-refractivity contribution >= 4 is 17.6 Å². The standard InChI is InChI=1S/C20H21FO3/c1-3-4-11-24-19-8-6-5-7-16(19)12-17(20(22)23)15-10-9-14(2)18(21)13-15/h5-10,12-13H,3-4,11H2,1-2H3,(H,22,23)/b17-12-. The first-order valence-electron chi connectivity index (χ1n) is 7.96. The molecule has 126 valence electrons. The SMILES string of the molecule is CCCCOc1ccccc1/C=C(\C(=O)O)c1ccc(C)c(F)c1. The van der Waals surface area contributed by atoms with Gasteiger partial charge in [0.1, 0.15) is 11.6 Å². The summed E-state index contributed by atoms with van der Waals surface area (Å²) < 4.78 is 19.5. The molecule has 0 fully saturated rings. The normalized spacial score (nSPS) is 11.4. The number of hydrogen-bond acceptors (Lipinski definition) is 2. The average molecular weight is 328 g/mol. The Balaban J connectivity index is 2.41. The van der Waals surface area contributed by atoms with E-state index in [0.29, 0.717) is 29.0 Å². The number of carbonyl (C=O) groups is 1. The van der Waals surface area contributed by atoms with Gasteiger partial charge in [0.2, 0.25) is 0 Å². The lowest BCUT2D eigenvalue weighted by Crippen LogP contribution is -2.02. The third kappa shape index (κ3) is 4.44. The maximum absolute atomic E-state index is 13.8. The zero-order chi connectivity index (χ0) is 17.5. The van der Waals surface area contributed by atoms with Crippen LogP contribution in [-0.2, 0) is 4.79 Å². The molecule has 0 amide bonds. The van der Waals surface area contributed by atoms with Crippen molar-refractivity contribution in [1.29, 1.82) is 0 Å². The molecule has 0 radical (unpaired) electrons. The monoisotopic (exact) mass is 328 g/mol. The number of carboxylic acid groups (broad SMARTS) is 1. The highest BCUT2D eigenvalue weighted by atomic mass is 19.1. The number of aryl methyl sites for hydroxylation is 1. The van der Waals surface area contributed by atoms with Gasteiger partial charge in [0, 0.05) is 5.56 Å². The van der Waals surface area contributed by atoms with Crippen molar-refractivity contribution in [3.8, 4) is 5.75 Å². The highest BCUT2D eigenvalue weighted by Crippen LogP contribution is 2.26. The van der Waals surface area contributed by atoms with Crippen molar-refractivity contribution in [2.24, 2.45) is 0 Å². The van der Waals surface area contributed by atoms with E-state index in [1.54, 1.807) is 31.2 Å². The van der Waals surface area contributed by atoms with Gasteiger partial charge in [-0.25, -0.2) is 9.18 Å². The Bertz CT molecular complexity index is 750. The topological polar surface area (TPSA) is 46.5 Å². The number of aliphatic carboxylic acids is 1. The van der Waals surface area contributed by atoms with E-state index in [0.717, 1.165) is 12.8 Å². The molecule has 24 heavy (non-hydrogen) atoms. The predicted molar refractivity (Wildman–Crippen MR) is 93.5 cm³/mol. The van der Waals surface area contributed by atoms with Crippen molar-refractivity contribution in [3.05, 3.63) is 65.0 Å². The van der Waals surface area contributed by atoms with Crippen molar-refractivity contribution in [2.45, 2.75) is 26.7 Å². The van der Waals surface area contributed by atoms with E-state index >= 15 is 0 Å². The minimum Gasteiger partial charge on any atom is -0.493 e. The van der Waals surface area contributed by atoms with Crippen LogP contribution in [0.2, 0.25) is 0 Å². The molecule has 0 saturated carbocycles. The van der Waals surface area contributed by atoms with E-state index in [-0.39, 0.29) is 5.57 Å². The first-order chi connectivity index (χ1) is 11.5. The smallest absolute Gasteiger partial charge is 0.336 e. The second-order valence-electron chi connectivity index (χ2n) is 5.57. The van der Waals surface area contributed by atoms with Gasteiger partial charge in [-0.05, 0) is 42.7 Å². The van der Waals surface area contributed by atoms with Crippen LogP contribution in [0, 0.1) is 12.7 Å². The second-order valence-corrected chi connectivity index (χ2v) is 5.57. The summed E-state index contributed by atoms with van der Waals surface area (Å²) >= 11 is 0. The van der Waals surface area contributed by atoms with Crippen LogP contribution >= 0.6 is 0 Å². The predicted octanol–water partition coefficient (Wildman–Crippen LogP) is 4.94. The second kappa shape index (κ2) is 8.29. The Morgan fingerprint density at radius 3 is 2.67 bits per heavy atom. The van der Waals surface area contributed by atoms with Crippen molar-refractivity contribution in [1.82, 2.24) is 0 Å². The van der Waals surface area contributed by atoms with Crippen LogP contribution in [-0.4, -0.2) is 17.7 Å². The zero-order valence-corrected chi connectivity index (χ0v) is 13.9. The van der Waals surface area contributed by atoms with E-state index in [1.165, 1.54) is 12.1 Å². The van der Waals surface area contributed by atoms with Crippen LogP contribution in [0.4, 0.5) is 4.39 Å². The summed E-state index contributed by atoms with van der Waals surface area (Å²) in [5, 5.41) is 9.52. The van der Waals surface area contributed by atoms with E-state index < -0.39 is 11.8 Å². The molecule has 0 spiro atoms. The molecule has 0 aliphatic rings. The minimum atomic E-state index is -1.11. The molecule has 0 saturated heterocycles. The quantitative estimate of drug-likeness (QED) is 0.445. The molecular formula is C20H21FO3. The highest BCUT2D eigenvalue weighted by Gasteiger charge is 2.13. The summed E-state index contributed by atoms with van der Waals surface area (Å²) in [6, 6.07) is 11.7. The summed E-state index contributed by atoms with van der Waals surface area (Å²) in [5.41, 5.74) is 1.49. The van der Waals surface area contributed by atoms with Gasteiger partial charge in [0.25, 0.3) is 0 Å².